The minimum absolute atomic E-state index is 0. The van der Waals surface area contributed by atoms with Crippen LogP contribution in [0.2, 0.25) is 0 Å². The van der Waals surface area contributed by atoms with Crippen molar-refractivity contribution < 1.29 is 16.9 Å². The molecular formula is C20H44ClN. The summed E-state index contributed by atoms with van der Waals surface area (Å²) < 4.78 is 1.44. The van der Waals surface area contributed by atoms with E-state index in [1.165, 1.54) is 108 Å². The molecule has 22 heavy (non-hydrogen) atoms. The van der Waals surface area contributed by atoms with E-state index < -0.39 is 0 Å². The Labute approximate surface area is 148 Å². The van der Waals surface area contributed by atoms with Crippen LogP contribution in [0.25, 0.3) is 0 Å². The summed E-state index contributed by atoms with van der Waals surface area (Å²) in [7, 11) is 0. The molecule has 0 amide bonds. The van der Waals surface area contributed by atoms with E-state index in [9.17, 15) is 0 Å². The van der Waals surface area contributed by atoms with E-state index in [-0.39, 0.29) is 12.4 Å². The lowest BCUT2D eigenvalue weighted by molar-refractivity contribution is -0.929. The summed E-state index contributed by atoms with van der Waals surface area (Å²) in [5.41, 5.74) is 0. The Morgan fingerprint density at radius 3 is 1.05 bits per heavy atom. The lowest BCUT2D eigenvalue weighted by atomic mass is 10.1. The van der Waals surface area contributed by atoms with Crippen LogP contribution in [-0.4, -0.2) is 30.7 Å². The third-order valence-electron chi connectivity index (χ3n) is 4.94. The molecule has 0 aliphatic carbocycles. The molecule has 0 aromatic carbocycles. The molecule has 0 bridgehead atoms. The Bertz CT molecular complexity index is 184. The largest absolute Gasteiger partial charge is 1.00 e. The summed E-state index contributed by atoms with van der Waals surface area (Å²) in [5, 5.41) is 0. The third-order valence-corrected chi connectivity index (χ3v) is 4.94. The number of unbranched alkanes of at least 4 members (excludes halogenated alkanes) is 8. The molecule has 2 heteroatoms. The van der Waals surface area contributed by atoms with Crippen molar-refractivity contribution in [2.75, 3.05) is 26.2 Å². The number of nitrogens with zero attached hydrogens (tertiary/aromatic N) is 1. The average Bonchev–Trinajstić information content (AvgIpc) is 2.51. The number of hydrogen-bond donors (Lipinski definition) is 0. The highest BCUT2D eigenvalue weighted by Gasteiger charge is 2.25. The molecule has 0 aromatic rings. The summed E-state index contributed by atoms with van der Waals surface area (Å²) in [6, 6.07) is 0. The number of quaternary nitrogens is 1. The monoisotopic (exact) mass is 333 g/mol. The summed E-state index contributed by atoms with van der Waals surface area (Å²) in [4.78, 5) is 0. The van der Waals surface area contributed by atoms with Crippen molar-refractivity contribution >= 4 is 0 Å². The molecule has 0 atom stereocenters. The molecule has 0 aromatic heterocycles. The van der Waals surface area contributed by atoms with Crippen LogP contribution in [0.1, 0.15) is 105 Å². The second kappa shape index (κ2) is 17.6. The van der Waals surface area contributed by atoms with Crippen molar-refractivity contribution in [2.24, 2.45) is 0 Å². The molecule has 0 rings (SSSR count). The van der Waals surface area contributed by atoms with Gasteiger partial charge in [-0.15, -0.1) is 0 Å². The Morgan fingerprint density at radius 1 is 0.409 bits per heavy atom. The third kappa shape index (κ3) is 12.8. The minimum atomic E-state index is 0. The van der Waals surface area contributed by atoms with Crippen LogP contribution in [0.4, 0.5) is 0 Å². The van der Waals surface area contributed by atoms with E-state index in [4.69, 9.17) is 0 Å². The summed E-state index contributed by atoms with van der Waals surface area (Å²) >= 11 is 0. The van der Waals surface area contributed by atoms with Gasteiger partial charge in [0.05, 0.1) is 26.2 Å². The second-order valence-electron chi connectivity index (χ2n) is 7.06. The van der Waals surface area contributed by atoms with Crippen LogP contribution < -0.4 is 12.4 Å². The number of rotatable bonds is 16. The highest BCUT2D eigenvalue weighted by Crippen LogP contribution is 2.18. The zero-order valence-corrected chi connectivity index (χ0v) is 16.9. The van der Waals surface area contributed by atoms with E-state index in [2.05, 4.69) is 27.7 Å². The van der Waals surface area contributed by atoms with Gasteiger partial charge in [-0.3, -0.25) is 0 Å². The fraction of sp³-hybridized carbons (Fsp3) is 1.00. The topological polar surface area (TPSA) is 0 Å². The first-order chi connectivity index (χ1) is 10.2. The highest BCUT2D eigenvalue weighted by atomic mass is 35.5. The van der Waals surface area contributed by atoms with Gasteiger partial charge in [0, 0.05) is 0 Å². The molecular weight excluding hydrogens is 290 g/mol. The Morgan fingerprint density at radius 2 is 0.727 bits per heavy atom. The van der Waals surface area contributed by atoms with Gasteiger partial charge in [-0.05, 0) is 38.5 Å². The van der Waals surface area contributed by atoms with E-state index in [1.807, 2.05) is 0 Å². The molecule has 0 spiro atoms. The molecule has 1 nitrogen and oxygen atoms in total. The summed E-state index contributed by atoms with van der Waals surface area (Å²) in [6.07, 6.45) is 16.9. The van der Waals surface area contributed by atoms with Crippen LogP contribution in [0, 0.1) is 0 Å². The average molecular weight is 334 g/mol. The molecule has 0 fully saturated rings. The fourth-order valence-corrected chi connectivity index (χ4v) is 3.41. The maximum Gasteiger partial charge on any atom is 0.0786 e. The molecule has 0 aliphatic rings. The highest BCUT2D eigenvalue weighted by molar-refractivity contribution is 4.51. The predicted octanol–water partition coefficient (Wildman–Crippen LogP) is 3.57. The van der Waals surface area contributed by atoms with Crippen LogP contribution in [-0.2, 0) is 0 Å². The SMILES string of the molecule is CCCCCC[N+](CCCC)(CCCC)CCCCCC.[Cl-]. The van der Waals surface area contributed by atoms with Gasteiger partial charge in [-0.1, -0.05) is 66.2 Å². The second-order valence-corrected chi connectivity index (χ2v) is 7.06. The van der Waals surface area contributed by atoms with E-state index >= 15 is 0 Å². The zero-order chi connectivity index (χ0) is 15.8. The molecule has 136 valence electrons. The molecule has 0 aliphatic heterocycles. The van der Waals surface area contributed by atoms with Crippen molar-refractivity contribution in [2.45, 2.75) is 105 Å². The Kier molecular flexibility index (Phi) is 19.6. The minimum Gasteiger partial charge on any atom is -1.00 e. The van der Waals surface area contributed by atoms with Gasteiger partial charge in [0.25, 0.3) is 0 Å². The van der Waals surface area contributed by atoms with Crippen molar-refractivity contribution in [1.82, 2.24) is 0 Å². The van der Waals surface area contributed by atoms with Crippen LogP contribution in [0.5, 0.6) is 0 Å². The van der Waals surface area contributed by atoms with Gasteiger partial charge in [0.15, 0.2) is 0 Å². The van der Waals surface area contributed by atoms with Gasteiger partial charge in [0.1, 0.15) is 0 Å². The van der Waals surface area contributed by atoms with Crippen molar-refractivity contribution in [3.8, 4) is 0 Å². The Balaban J connectivity index is 0. The van der Waals surface area contributed by atoms with Crippen molar-refractivity contribution in [3.05, 3.63) is 0 Å². The normalized spacial score (nSPS) is 11.5. The molecule has 0 saturated carbocycles. The van der Waals surface area contributed by atoms with Gasteiger partial charge < -0.3 is 16.9 Å². The van der Waals surface area contributed by atoms with Crippen molar-refractivity contribution in [3.63, 3.8) is 0 Å². The predicted molar refractivity (Wildman–Crippen MR) is 97.8 cm³/mol. The molecule has 0 heterocycles. The van der Waals surface area contributed by atoms with Gasteiger partial charge >= 0.3 is 0 Å². The first kappa shape index (κ1) is 24.5. The standard InChI is InChI=1S/C20H44N.ClH/c1-5-9-13-15-19-21(17-11-7-3,18-12-8-4)20-16-14-10-6-2;/h5-20H2,1-4H3;1H/q+1;/p-1. The first-order valence-corrected chi connectivity index (χ1v) is 10.1. The van der Waals surface area contributed by atoms with Crippen LogP contribution in [0.3, 0.4) is 0 Å². The molecule has 0 radical (unpaired) electrons. The van der Waals surface area contributed by atoms with Gasteiger partial charge in [0.2, 0.25) is 0 Å². The lowest BCUT2D eigenvalue weighted by Gasteiger charge is -2.39. The number of hydrogen-bond acceptors (Lipinski definition) is 0. The Hall–Kier alpha value is 0.250. The fourth-order valence-electron chi connectivity index (χ4n) is 3.41. The molecule has 0 N–H and O–H groups in total. The molecule has 0 unspecified atom stereocenters. The van der Waals surface area contributed by atoms with Crippen molar-refractivity contribution in [1.29, 1.82) is 0 Å². The van der Waals surface area contributed by atoms with Crippen LogP contribution >= 0.6 is 0 Å². The maximum atomic E-state index is 2.35. The summed E-state index contributed by atoms with van der Waals surface area (Å²) in [6.45, 7) is 15.1. The van der Waals surface area contributed by atoms with Gasteiger partial charge in [-0.25, -0.2) is 0 Å². The zero-order valence-electron chi connectivity index (χ0n) is 16.1. The van der Waals surface area contributed by atoms with Crippen LogP contribution in [0.15, 0.2) is 0 Å². The van der Waals surface area contributed by atoms with Gasteiger partial charge in [-0.2, -0.15) is 0 Å². The summed E-state index contributed by atoms with van der Waals surface area (Å²) in [5.74, 6) is 0. The van der Waals surface area contributed by atoms with E-state index in [0.29, 0.717) is 0 Å². The smallest absolute Gasteiger partial charge is 0.0786 e. The molecule has 0 saturated heterocycles. The maximum absolute atomic E-state index is 2.35. The first-order valence-electron chi connectivity index (χ1n) is 10.1. The lowest BCUT2D eigenvalue weighted by Crippen LogP contribution is -3.00. The van der Waals surface area contributed by atoms with E-state index in [0.717, 1.165) is 0 Å². The van der Waals surface area contributed by atoms with E-state index in [1.54, 1.807) is 0 Å². The number of halogens is 1. The quantitative estimate of drug-likeness (QED) is 0.299.